The number of benzene rings is 1. The molecule has 0 aromatic heterocycles. The van der Waals surface area contributed by atoms with Crippen LogP contribution in [0.3, 0.4) is 0 Å². The predicted molar refractivity (Wildman–Crippen MR) is 90.7 cm³/mol. The second kappa shape index (κ2) is 8.32. The van der Waals surface area contributed by atoms with E-state index in [1.54, 1.807) is 18.2 Å². The lowest BCUT2D eigenvalue weighted by Crippen LogP contribution is -2.48. The van der Waals surface area contributed by atoms with Crippen LogP contribution in [0.4, 0.5) is 0 Å². The molecular formula is C18H22N2O5. The number of nitrogens with one attached hydrogen (secondary N) is 2. The molecule has 2 rings (SSSR count). The van der Waals surface area contributed by atoms with Crippen LogP contribution in [0.5, 0.6) is 5.75 Å². The molecule has 7 heteroatoms. The van der Waals surface area contributed by atoms with Crippen molar-refractivity contribution in [2.75, 3.05) is 6.61 Å². The fourth-order valence-electron chi connectivity index (χ4n) is 2.59. The number of hydrogen-bond acceptors (Lipinski definition) is 4. The fraction of sp³-hybridized carbons (Fsp3) is 0.389. The minimum Gasteiger partial charge on any atom is -0.484 e. The number of amides is 2. The highest BCUT2D eigenvalue weighted by molar-refractivity contribution is 5.87. The van der Waals surface area contributed by atoms with E-state index in [0.717, 1.165) is 11.1 Å². The van der Waals surface area contributed by atoms with Crippen molar-refractivity contribution in [3.8, 4) is 5.75 Å². The standard InChI is InChI=1S/C18H22N2O5/c1-11-7-8-13(9-12(11)2)25-10-16(21)19-20-17(22)14-5-3-4-6-15(14)18(23)24/h3-4,7-9,14-15H,5-6,10H2,1-2H3,(H,19,21)(H,20,22)(H,23,24). The number of hydrogen-bond donors (Lipinski definition) is 3. The zero-order valence-electron chi connectivity index (χ0n) is 14.2. The van der Waals surface area contributed by atoms with Crippen LogP contribution < -0.4 is 15.6 Å². The molecule has 25 heavy (non-hydrogen) atoms. The summed E-state index contributed by atoms with van der Waals surface area (Å²) in [5.74, 6) is -2.99. The van der Waals surface area contributed by atoms with Gasteiger partial charge in [-0.1, -0.05) is 18.2 Å². The molecule has 2 amide bonds. The van der Waals surface area contributed by atoms with Gasteiger partial charge in [0.05, 0.1) is 11.8 Å². The third-order valence-corrected chi connectivity index (χ3v) is 4.26. The van der Waals surface area contributed by atoms with Gasteiger partial charge in [0.1, 0.15) is 5.75 Å². The Bertz CT molecular complexity index is 699. The molecule has 1 aliphatic rings. The Morgan fingerprint density at radius 3 is 2.40 bits per heavy atom. The molecule has 2 unspecified atom stereocenters. The van der Waals surface area contributed by atoms with Crippen molar-refractivity contribution in [2.45, 2.75) is 26.7 Å². The van der Waals surface area contributed by atoms with Crippen molar-refractivity contribution in [3.63, 3.8) is 0 Å². The van der Waals surface area contributed by atoms with Gasteiger partial charge in [-0.2, -0.15) is 0 Å². The lowest BCUT2D eigenvalue weighted by molar-refractivity contribution is -0.147. The zero-order chi connectivity index (χ0) is 18.4. The van der Waals surface area contributed by atoms with Crippen molar-refractivity contribution in [3.05, 3.63) is 41.5 Å². The third-order valence-electron chi connectivity index (χ3n) is 4.26. The molecule has 1 aromatic rings. The molecule has 0 saturated heterocycles. The van der Waals surface area contributed by atoms with Crippen LogP contribution in [0.2, 0.25) is 0 Å². The Kier molecular flexibility index (Phi) is 6.16. The summed E-state index contributed by atoms with van der Waals surface area (Å²) in [5, 5.41) is 9.17. The van der Waals surface area contributed by atoms with Crippen molar-refractivity contribution >= 4 is 17.8 Å². The molecule has 2 atom stereocenters. The van der Waals surface area contributed by atoms with Crippen LogP contribution in [0.1, 0.15) is 24.0 Å². The van der Waals surface area contributed by atoms with Crippen LogP contribution in [0.15, 0.2) is 30.4 Å². The van der Waals surface area contributed by atoms with E-state index in [1.165, 1.54) is 0 Å². The monoisotopic (exact) mass is 346 g/mol. The number of allylic oxidation sites excluding steroid dienone is 2. The molecule has 0 spiro atoms. The van der Waals surface area contributed by atoms with Gasteiger partial charge in [-0.3, -0.25) is 25.2 Å². The summed E-state index contributed by atoms with van der Waals surface area (Å²) < 4.78 is 5.37. The van der Waals surface area contributed by atoms with Crippen molar-refractivity contribution < 1.29 is 24.2 Å². The summed E-state index contributed by atoms with van der Waals surface area (Å²) >= 11 is 0. The van der Waals surface area contributed by atoms with Gasteiger partial charge in [-0.25, -0.2) is 0 Å². The minimum absolute atomic E-state index is 0.254. The van der Waals surface area contributed by atoms with Gasteiger partial charge in [0.15, 0.2) is 6.61 Å². The van der Waals surface area contributed by atoms with Gasteiger partial charge in [-0.15, -0.1) is 0 Å². The summed E-state index contributed by atoms with van der Waals surface area (Å²) in [6, 6.07) is 5.49. The maximum atomic E-state index is 12.1. The highest BCUT2D eigenvalue weighted by Gasteiger charge is 2.34. The summed E-state index contributed by atoms with van der Waals surface area (Å²) in [4.78, 5) is 35.1. The highest BCUT2D eigenvalue weighted by Crippen LogP contribution is 2.25. The fourth-order valence-corrected chi connectivity index (χ4v) is 2.59. The molecule has 0 aliphatic heterocycles. The van der Waals surface area contributed by atoms with Crippen LogP contribution >= 0.6 is 0 Å². The lowest BCUT2D eigenvalue weighted by Gasteiger charge is -2.24. The number of carboxylic acids is 1. The first-order valence-electron chi connectivity index (χ1n) is 8.05. The number of rotatable bonds is 5. The molecule has 0 bridgehead atoms. The number of aliphatic carboxylic acids is 1. The number of hydrazine groups is 1. The zero-order valence-corrected chi connectivity index (χ0v) is 14.2. The first-order valence-corrected chi connectivity index (χ1v) is 8.05. The van der Waals surface area contributed by atoms with Crippen LogP contribution in [-0.4, -0.2) is 29.5 Å². The number of carbonyl (C=O) groups excluding carboxylic acids is 2. The molecule has 3 N–H and O–H groups in total. The van der Waals surface area contributed by atoms with Crippen LogP contribution in [0.25, 0.3) is 0 Å². The molecule has 7 nitrogen and oxygen atoms in total. The van der Waals surface area contributed by atoms with Gasteiger partial charge in [0.25, 0.3) is 5.91 Å². The second-order valence-corrected chi connectivity index (χ2v) is 6.07. The first-order chi connectivity index (χ1) is 11.9. The second-order valence-electron chi connectivity index (χ2n) is 6.07. The Balaban J connectivity index is 1.80. The Hall–Kier alpha value is -2.83. The molecular weight excluding hydrogens is 324 g/mol. The Morgan fingerprint density at radius 1 is 1.08 bits per heavy atom. The molecule has 134 valence electrons. The minimum atomic E-state index is -1.02. The van der Waals surface area contributed by atoms with E-state index in [0.29, 0.717) is 18.6 Å². The maximum absolute atomic E-state index is 12.1. The van der Waals surface area contributed by atoms with Crippen LogP contribution in [0, 0.1) is 25.7 Å². The van der Waals surface area contributed by atoms with E-state index < -0.39 is 29.6 Å². The van der Waals surface area contributed by atoms with E-state index in [4.69, 9.17) is 9.84 Å². The van der Waals surface area contributed by atoms with E-state index in [1.807, 2.05) is 26.0 Å². The Morgan fingerprint density at radius 2 is 1.76 bits per heavy atom. The molecule has 0 radical (unpaired) electrons. The molecule has 1 aromatic carbocycles. The predicted octanol–water partition coefficient (Wildman–Crippen LogP) is 1.50. The molecule has 0 heterocycles. The number of aryl methyl sites for hydroxylation is 2. The third kappa shape index (κ3) is 5.07. The Labute approximate surface area is 146 Å². The normalized spacial score (nSPS) is 19.1. The summed E-state index contributed by atoms with van der Waals surface area (Å²) in [6.07, 6.45) is 4.15. The van der Waals surface area contributed by atoms with E-state index >= 15 is 0 Å². The van der Waals surface area contributed by atoms with Gasteiger partial charge in [0, 0.05) is 0 Å². The number of carboxylic acid groups (broad SMARTS) is 1. The molecule has 1 aliphatic carbocycles. The highest BCUT2D eigenvalue weighted by atomic mass is 16.5. The lowest BCUT2D eigenvalue weighted by atomic mass is 9.82. The number of ether oxygens (including phenoxy) is 1. The maximum Gasteiger partial charge on any atom is 0.307 e. The van der Waals surface area contributed by atoms with Crippen molar-refractivity contribution in [1.29, 1.82) is 0 Å². The van der Waals surface area contributed by atoms with E-state index in [2.05, 4.69) is 10.9 Å². The SMILES string of the molecule is Cc1ccc(OCC(=O)NNC(=O)C2CC=CCC2C(=O)O)cc1C. The molecule has 0 saturated carbocycles. The van der Waals surface area contributed by atoms with E-state index in [-0.39, 0.29) is 6.61 Å². The average molecular weight is 346 g/mol. The van der Waals surface area contributed by atoms with E-state index in [9.17, 15) is 14.4 Å². The summed E-state index contributed by atoms with van der Waals surface area (Å²) in [5.41, 5.74) is 6.71. The van der Waals surface area contributed by atoms with Crippen molar-refractivity contribution in [2.24, 2.45) is 11.8 Å². The van der Waals surface area contributed by atoms with Gasteiger partial charge in [0.2, 0.25) is 5.91 Å². The number of carbonyl (C=O) groups is 3. The quantitative estimate of drug-likeness (QED) is 0.553. The smallest absolute Gasteiger partial charge is 0.307 e. The van der Waals surface area contributed by atoms with Gasteiger partial charge in [-0.05, 0) is 49.9 Å². The van der Waals surface area contributed by atoms with Gasteiger partial charge >= 0.3 is 5.97 Å². The van der Waals surface area contributed by atoms with Gasteiger partial charge < -0.3 is 9.84 Å². The van der Waals surface area contributed by atoms with Crippen LogP contribution in [-0.2, 0) is 14.4 Å². The topological polar surface area (TPSA) is 105 Å². The largest absolute Gasteiger partial charge is 0.484 e. The summed E-state index contributed by atoms with van der Waals surface area (Å²) in [7, 11) is 0. The molecule has 0 fully saturated rings. The first kappa shape index (κ1) is 18.5. The van der Waals surface area contributed by atoms with Crippen molar-refractivity contribution in [1.82, 2.24) is 10.9 Å². The average Bonchev–Trinajstić information content (AvgIpc) is 2.60. The summed E-state index contributed by atoms with van der Waals surface area (Å²) in [6.45, 7) is 3.67.